The molecule has 11 atom stereocenters. The molecule has 4 bridgehead atoms. The Morgan fingerprint density at radius 3 is 2.69 bits per heavy atom. The topological polar surface area (TPSA) is 200 Å². The van der Waals surface area contributed by atoms with Crippen LogP contribution in [0.5, 0.6) is 0 Å². The molecule has 1 aromatic carbocycles. The SMILES string of the molecule is CCN[C@@]12C=C3C=CC[C@H]4CCCC[C@](C)(CC5=CNC(N)C=C5)Cc5cccc6c5C(=O)[C@]5(O[C@@]5(C/C(CO)=C(\C)CCC5=CCNC7=C5CC[C@H](NC)N7)C6=O)C(=O)O[C@H]([C@H](CCO)CC1)[C@H]2C[C@@H]34. The number of aliphatic hydroxyl groups excluding tert-OH is 2. The number of likely N-dealkylation sites (N-methyl/N-ethyl adjacent to an activating group) is 1. The van der Waals surface area contributed by atoms with Gasteiger partial charge in [0.15, 0.2) is 11.4 Å². The summed E-state index contributed by atoms with van der Waals surface area (Å²) in [6.07, 6.45) is 26.7. The Hall–Kier alpha value is -4.63. The van der Waals surface area contributed by atoms with E-state index in [4.69, 9.17) is 15.2 Å². The van der Waals surface area contributed by atoms with Crippen molar-refractivity contribution in [3.63, 3.8) is 0 Å². The third-order valence-corrected chi connectivity index (χ3v) is 18.4. The Balaban J connectivity index is 1.06. The highest BCUT2D eigenvalue weighted by atomic mass is 16.7. The number of dihydropyridines is 2. The van der Waals surface area contributed by atoms with E-state index in [2.05, 4.69) is 70.8 Å². The molecule has 1 unspecified atom stereocenters. The van der Waals surface area contributed by atoms with Crippen LogP contribution in [-0.2, 0) is 20.7 Å². The van der Waals surface area contributed by atoms with E-state index in [1.54, 1.807) is 6.07 Å². The number of hydrogen-bond donors (Lipinski definition) is 8. The van der Waals surface area contributed by atoms with E-state index in [1.807, 2.05) is 38.4 Å². The number of nitrogens with one attached hydrogen (secondary N) is 5. The van der Waals surface area contributed by atoms with Crippen LogP contribution in [0.25, 0.3) is 0 Å². The summed E-state index contributed by atoms with van der Waals surface area (Å²) in [6.45, 7) is 7.37. The Kier molecular flexibility index (Phi) is 14.1. The summed E-state index contributed by atoms with van der Waals surface area (Å²) in [5.74, 6) is -0.368. The first-order chi connectivity index (χ1) is 34.3. The highest BCUT2D eigenvalue weighted by Crippen LogP contribution is 2.61. The van der Waals surface area contributed by atoms with E-state index in [1.165, 1.54) is 16.7 Å². The highest BCUT2D eigenvalue weighted by Gasteiger charge is 2.86. The van der Waals surface area contributed by atoms with Crippen LogP contribution >= 0.6 is 0 Å². The van der Waals surface area contributed by atoms with Crippen molar-refractivity contribution in [2.45, 2.75) is 159 Å². The number of epoxide rings is 1. The van der Waals surface area contributed by atoms with Gasteiger partial charge < -0.3 is 52.0 Å². The van der Waals surface area contributed by atoms with E-state index in [0.717, 1.165) is 94.1 Å². The molecular formula is C58H78N6O7. The lowest BCUT2D eigenvalue weighted by molar-refractivity contribution is -0.167. The maximum atomic E-state index is 16.0. The lowest BCUT2D eigenvalue weighted by Gasteiger charge is -2.55. The fourth-order valence-electron chi connectivity index (χ4n) is 14.5. The normalized spacial score (nSPS) is 36.6. The zero-order valence-corrected chi connectivity index (χ0v) is 42.5. The summed E-state index contributed by atoms with van der Waals surface area (Å²) < 4.78 is 13.7. The van der Waals surface area contributed by atoms with Gasteiger partial charge in [-0.3, -0.25) is 9.59 Å². The summed E-state index contributed by atoms with van der Waals surface area (Å²) in [7, 11) is 1.96. The van der Waals surface area contributed by atoms with Crippen molar-refractivity contribution in [3.8, 4) is 0 Å². The molecule has 5 aliphatic heterocycles. The third kappa shape index (κ3) is 8.94. The number of esters is 1. The first-order valence-corrected chi connectivity index (χ1v) is 27.0. The molecule has 1 saturated heterocycles. The van der Waals surface area contributed by atoms with Crippen LogP contribution < -0.4 is 32.3 Å². The smallest absolute Gasteiger partial charge is 0.350 e. The Bertz CT molecular complexity index is 2520. The molecule has 1 saturated carbocycles. The Morgan fingerprint density at radius 2 is 1.92 bits per heavy atom. The van der Waals surface area contributed by atoms with Gasteiger partial charge in [0, 0.05) is 48.4 Å². The Labute approximate surface area is 420 Å². The van der Waals surface area contributed by atoms with Gasteiger partial charge in [-0.15, -0.1) is 0 Å². The zero-order chi connectivity index (χ0) is 49.7. The van der Waals surface area contributed by atoms with Gasteiger partial charge in [0.1, 0.15) is 11.9 Å². The fraction of sp³-hybridized carbons (Fsp3) is 0.603. The highest BCUT2D eigenvalue weighted by molar-refractivity contribution is 6.33. The molecule has 0 aromatic heterocycles. The molecule has 9 aliphatic rings. The van der Waals surface area contributed by atoms with Gasteiger partial charge in [-0.1, -0.05) is 80.8 Å². The van der Waals surface area contributed by atoms with Gasteiger partial charge in [-0.25, -0.2) is 4.79 Å². The van der Waals surface area contributed by atoms with Crippen molar-refractivity contribution in [2.75, 3.05) is 33.4 Å². The second-order valence-electron chi connectivity index (χ2n) is 22.7. The van der Waals surface area contributed by atoms with E-state index in [0.29, 0.717) is 49.3 Å². The van der Waals surface area contributed by atoms with Crippen LogP contribution in [0.2, 0.25) is 0 Å². The van der Waals surface area contributed by atoms with Crippen molar-refractivity contribution in [1.82, 2.24) is 26.6 Å². The lowest BCUT2D eigenvalue weighted by Crippen LogP contribution is -2.62. The molecule has 1 spiro atoms. The van der Waals surface area contributed by atoms with Gasteiger partial charge in [-0.2, -0.15) is 0 Å². The third-order valence-electron chi connectivity index (χ3n) is 18.4. The van der Waals surface area contributed by atoms with E-state index in [-0.39, 0.29) is 66.3 Å². The standard InChI is InChI=1S/C58H78N6O7/c1-5-63-56-25-21-39(23-27-65)50-46(56)28-45-37(11-8-12-40(45)31-56)10-6-7-24-55(3,29-36-16-19-47(59)62-33-36)30-41-13-9-14-44-49(41)52(68)58(54(69)70-50)57(71-58,51(44)67)32-42(34-66)35(2)15-17-38-22-26-61-53-43(38)18-20-48(60-4)64-53/h8-9,12-14,16,19,22,31,33,37,39,45-48,50,60-66H,5-7,10-11,15,17-18,20-21,23-30,32,34,59H2,1-4H3/b42-35-/t37-,39+,45-,46-,47?,48-,50-,55-,56-,57+,58+/m1/s1. The molecule has 0 radical (unpaired) electrons. The van der Waals surface area contributed by atoms with E-state index in [9.17, 15) is 10.2 Å². The summed E-state index contributed by atoms with van der Waals surface area (Å²) in [5, 5.41) is 39.3. The molecule has 71 heavy (non-hydrogen) atoms. The molecule has 1 aromatic rings. The maximum Gasteiger partial charge on any atom is 0.350 e. The number of Topliss-reactive ketones (excluding diaryl/α,β-unsaturated/α-hetero) is 2. The number of ether oxygens (including phenoxy) is 2. The predicted octanol–water partition coefficient (Wildman–Crippen LogP) is 6.75. The van der Waals surface area contributed by atoms with E-state index < -0.39 is 40.4 Å². The number of rotatable bonds is 13. The average molecular weight is 971 g/mol. The minimum Gasteiger partial charge on any atom is -0.459 e. The van der Waals surface area contributed by atoms with Gasteiger partial charge in [0.2, 0.25) is 5.78 Å². The number of aliphatic hydroxyl groups is 2. The largest absolute Gasteiger partial charge is 0.459 e. The number of hydrogen-bond acceptors (Lipinski definition) is 13. The van der Waals surface area contributed by atoms with Crippen molar-refractivity contribution in [1.29, 1.82) is 0 Å². The monoisotopic (exact) mass is 971 g/mol. The van der Waals surface area contributed by atoms with Gasteiger partial charge in [0.25, 0.3) is 5.60 Å². The van der Waals surface area contributed by atoms with Crippen LogP contribution in [0, 0.1) is 29.1 Å². The summed E-state index contributed by atoms with van der Waals surface area (Å²) in [6, 6.07) is 5.51. The van der Waals surface area contributed by atoms with Crippen molar-refractivity contribution >= 4 is 17.5 Å². The molecule has 9 N–H and O–H groups in total. The van der Waals surface area contributed by atoms with Crippen molar-refractivity contribution in [3.05, 3.63) is 117 Å². The first kappa shape index (κ1) is 49.9. The molecule has 10 rings (SSSR count). The van der Waals surface area contributed by atoms with Gasteiger partial charge in [0.05, 0.1) is 18.9 Å². The Morgan fingerprint density at radius 1 is 1.06 bits per heavy atom. The van der Waals surface area contributed by atoms with Gasteiger partial charge in [-0.05, 0) is 167 Å². The molecule has 0 amide bonds. The number of nitrogens with two attached hydrogens (primary N) is 1. The van der Waals surface area contributed by atoms with Crippen LogP contribution in [0.3, 0.4) is 0 Å². The number of carbonyl (C=O) groups excluding carboxylic acids is 3. The lowest BCUT2D eigenvalue weighted by atomic mass is 9.56. The quantitative estimate of drug-likeness (QED) is 0.0447. The average Bonchev–Trinajstić information content (AvgIpc) is 4.07. The fourth-order valence-corrected chi connectivity index (χ4v) is 14.5. The van der Waals surface area contributed by atoms with Crippen LogP contribution in [-0.4, -0.2) is 96.3 Å². The molecule has 13 nitrogen and oxygen atoms in total. The first-order valence-electron chi connectivity index (χ1n) is 27.0. The number of benzene rings is 1. The van der Waals surface area contributed by atoms with Crippen LogP contribution in [0.15, 0.2) is 100 Å². The number of carbonyl (C=O) groups is 3. The molecular weight excluding hydrogens is 893 g/mol. The summed E-state index contributed by atoms with van der Waals surface area (Å²) in [5.41, 5.74) is 8.87. The molecule has 4 aliphatic carbocycles. The number of ketones is 2. The van der Waals surface area contributed by atoms with Crippen LogP contribution in [0.4, 0.5) is 0 Å². The second kappa shape index (κ2) is 20.0. The van der Waals surface area contributed by atoms with Gasteiger partial charge >= 0.3 is 5.97 Å². The van der Waals surface area contributed by atoms with Crippen molar-refractivity contribution in [2.24, 2.45) is 34.8 Å². The van der Waals surface area contributed by atoms with Crippen LogP contribution in [0.1, 0.15) is 143 Å². The molecule has 13 heteroatoms. The maximum absolute atomic E-state index is 16.0. The summed E-state index contributed by atoms with van der Waals surface area (Å²) in [4.78, 5) is 47.4. The minimum absolute atomic E-state index is 0.0630. The summed E-state index contributed by atoms with van der Waals surface area (Å²) >= 11 is 0. The zero-order valence-electron chi connectivity index (χ0n) is 42.5. The second-order valence-corrected chi connectivity index (χ2v) is 22.7. The van der Waals surface area contributed by atoms with E-state index >= 15 is 14.4 Å². The predicted molar refractivity (Wildman–Crippen MR) is 274 cm³/mol. The number of allylic oxidation sites excluding steroid dienone is 8. The molecule has 2 fully saturated rings. The van der Waals surface area contributed by atoms with Crippen molar-refractivity contribution < 1.29 is 34.1 Å². The molecule has 5 heterocycles. The minimum atomic E-state index is -2.25. The molecule has 382 valence electrons.